The topological polar surface area (TPSA) is 71.5 Å². The molecule has 0 saturated heterocycles. The van der Waals surface area contributed by atoms with Crippen molar-refractivity contribution < 1.29 is 14.6 Å². The highest BCUT2D eigenvalue weighted by molar-refractivity contribution is 7.11. The quantitative estimate of drug-likeness (QED) is 0.778. The lowest BCUT2D eigenvalue weighted by molar-refractivity contribution is 0.0525. The zero-order valence-corrected chi connectivity index (χ0v) is 12.0. The van der Waals surface area contributed by atoms with Gasteiger partial charge in [0.25, 0.3) is 0 Å². The summed E-state index contributed by atoms with van der Waals surface area (Å²) < 4.78 is 4.91. The molecule has 1 fully saturated rings. The van der Waals surface area contributed by atoms with E-state index in [1.165, 1.54) is 11.3 Å². The van der Waals surface area contributed by atoms with E-state index in [0.717, 1.165) is 31.4 Å². The molecular formula is C13H20N2O3S. The largest absolute Gasteiger partial charge is 0.461 e. The average molecular weight is 284 g/mol. The zero-order chi connectivity index (χ0) is 13.7. The highest BCUT2D eigenvalue weighted by Crippen LogP contribution is 2.29. The number of rotatable bonds is 6. The number of ether oxygens (including phenoxy) is 1. The zero-order valence-electron chi connectivity index (χ0n) is 11.1. The van der Waals surface area contributed by atoms with Crippen molar-refractivity contribution in [2.24, 2.45) is 0 Å². The van der Waals surface area contributed by atoms with Crippen LogP contribution in [0.4, 0.5) is 0 Å². The van der Waals surface area contributed by atoms with Gasteiger partial charge in [0.2, 0.25) is 5.01 Å². The molecule has 1 aliphatic rings. The number of nitrogens with zero attached hydrogens (tertiary/aromatic N) is 1. The van der Waals surface area contributed by atoms with Crippen LogP contribution < -0.4 is 5.32 Å². The Kier molecular flexibility index (Phi) is 4.90. The van der Waals surface area contributed by atoms with Gasteiger partial charge in [0, 0.05) is 17.5 Å². The molecule has 0 radical (unpaired) electrons. The molecule has 0 aromatic carbocycles. The van der Waals surface area contributed by atoms with Crippen LogP contribution in [0.5, 0.6) is 0 Å². The monoisotopic (exact) mass is 284 g/mol. The summed E-state index contributed by atoms with van der Waals surface area (Å²) in [6, 6.07) is 0. The minimum Gasteiger partial charge on any atom is -0.461 e. The number of carbonyl (C=O) groups is 1. The van der Waals surface area contributed by atoms with Gasteiger partial charge in [-0.1, -0.05) is 12.8 Å². The summed E-state index contributed by atoms with van der Waals surface area (Å²) in [6.07, 6.45) is 4.30. The Morgan fingerprint density at radius 3 is 2.95 bits per heavy atom. The molecule has 0 bridgehead atoms. The lowest BCUT2D eigenvalue weighted by Gasteiger charge is -2.27. The van der Waals surface area contributed by atoms with Crippen LogP contribution in [0.2, 0.25) is 0 Å². The van der Waals surface area contributed by atoms with Crippen molar-refractivity contribution in [1.29, 1.82) is 0 Å². The number of hydrogen-bond donors (Lipinski definition) is 2. The number of hydrogen-bond acceptors (Lipinski definition) is 6. The molecule has 1 aromatic heterocycles. The van der Waals surface area contributed by atoms with E-state index < -0.39 is 0 Å². The first-order chi connectivity index (χ1) is 9.19. The molecule has 0 atom stereocenters. The maximum atomic E-state index is 11.5. The van der Waals surface area contributed by atoms with Crippen LogP contribution in [0.25, 0.3) is 0 Å². The maximum absolute atomic E-state index is 11.5. The Labute approximate surface area is 117 Å². The van der Waals surface area contributed by atoms with Gasteiger partial charge in [0.05, 0.1) is 18.9 Å². The molecule has 6 heteroatoms. The van der Waals surface area contributed by atoms with Crippen LogP contribution in [0, 0.1) is 0 Å². The van der Waals surface area contributed by atoms with Gasteiger partial charge in [-0.15, -0.1) is 11.3 Å². The normalized spacial score (nSPS) is 17.6. The molecule has 1 saturated carbocycles. The molecule has 2 rings (SSSR count). The van der Waals surface area contributed by atoms with Crippen LogP contribution >= 0.6 is 11.3 Å². The molecular weight excluding hydrogens is 264 g/mol. The van der Waals surface area contributed by atoms with Crippen molar-refractivity contribution in [3.63, 3.8) is 0 Å². The van der Waals surface area contributed by atoms with Gasteiger partial charge in [-0.2, -0.15) is 0 Å². The van der Waals surface area contributed by atoms with Crippen LogP contribution in [0.3, 0.4) is 0 Å². The second-order valence-corrected chi connectivity index (χ2v) is 5.72. The summed E-state index contributed by atoms with van der Waals surface area (Å²) in [4.78, 5) is 15.8. The van der Waals surface area contributed by atoms with E-state index >= 15 is 0 Å². The minimum absolute atomic E-state index is 0.155. The van der Waals surface area contributed by atoms with Crippen molar-refractivity contribution in [1.82, 2.24) is 10.3 Å². The van der Waals surface area contributed by atoms with E-state index in [4.69, 9.17) is 4.74 Å². The summed E-state index contributed by atoms with van der Waals surface area (Å²) in [5.74, 6) is -0.364. The Bertz CT molecular complexity index is 427. The number of esters is 1. The number of aliphatic hydroxyl groups is 1. The van der Waals surface area contributed by atoms with E-state index in [1.54, 1.807) is 6.92 Å². The van der Waals surface area contributed by atoms with E-state index in [1.807, 2.05) is 5.38 Å². The summed E-state index contributed by atoms with van der Waals surface area (Å²) >= 11 is 1.30. The number of carbonyl (C=O) groups excluding carboxylic acids is 1. The lowest BCUT2D eigenvalue weighted by atomic mass is 9.99. The summed E-state index contributed by atoms with van der Waals surface area (Å²) in [5, 5.41) is 15.1. The molecule has 2 N–H and O–H groups in total. The summed E-state index contributed by atoms with van der Waals surface area (Å²) in [6.45, 7) is 2.87. The molecule has 5 nitrogen and oxygen atoms in total. The molecule has 106 valence electrons. The maximum Gasteiger partial charge on any atom is 0.367 e. The third-order valence-electron chi connectivity index (χ3n) is 3.51. The van der Waals surface area contributed by atoms with Crippen molar-refractivity contribution in [2.75, 3.05) is 13.2 Å². The Hall–Kier alpha value is -0.980. The number of aromatic nitrogens is 1. The number of nitrogens with one attached hydrogen (secondary N) is 1. The fourth-order valence-electron chi connectivity index (χ4n) is 2.40. The molecule has 0 aliphatic heterocycles. The molecule has 0 spiro atoms. The molecule has 19 heavy (non-hydrogen) atoms. The third-order valence-corrected chi connectivity index (χ3v) is 4.38. The van der Waals surface area contributed by atoms with E-state index in [0.29, 0.717) is 18.2 Å². The summed E-state index contributed by atoms with van der Waals surface area (Å²) in [7, 11) is 0. The highest BCUT2D eigenvalue weighted by Gasteiger charge is 2.32. The average Bonchev–Trinajstić information content (AvgIpc) is 3.07. The first-order valence-electron chi connectivity index (χ1n) is 6.66. The van der Waals surface area contributed by atoms with Crippen LogP contribution in [-0.2, 0) is 11.3 Å². The Balaban J connectivity index is 1.91. The second kappa shape index (κ2) is 6.45. The summed E-state index contributed by atoms with van der Waals surface area (Å²) in [5.41, 5.74) is 0.668. The smallest absolute Gasteiger partial charge is 0.367 e. The molecule has 1 aromatic rings. The lowest BCUT2D eigenvalue weighted by Crippen LogP contribution is -2.45. The van der Waals surface area contributed by atoms with Crippen molar-refractivity contribution in [3.8, 4) is 0 Å². The molecule has 0 unspecified atom stereocenters. The van der Waals surface area contributed by atoms with Crippen molar-refractivity contribution in [3.05, 3.63) is 16.1 Å². The SMILES string of the molecule is CCOC(=O)c1nc(CNC2(CO)CCCC2)cs1. The van der Waals surface area contributed by atoms with Gasteiger partial charge >= 0.3 is 5.97 Å². The molecule has 0 amide bonds. The first-order valence-corrected chi connectivity index (χ1v) is 7.54. The van der Waals surface area contributed by atoms with E-state index in [-0.39, 0.29) is 18.1 Å². The van der Waals surface area contributed by atoms with Gasteiger partial charge < -0.3 is 15.2 Å². The second-order valence-electron chi connectivity index (χ2n) is 4.86. The molecule has 1 heterocycles. The molecule has 1 aliphatic carbocycles. The van der Waals surface area contributed by atoms with Gasteiger partial charge in [0.15, 0.2) is 0 Å². The van der Waals surface area contributed by atoms with E-state index in [2.05, 4.69) is 10.3 Å². The first kappa shape index (κ1) is 14.4. The van der Waals surface area contributed by atoms with Crippen LogP contribution in [0.15, 0.2) is 5.38 Å². The van der Waals surface area contributed by atoms with Crippen molar-refractivity contribution in [2.45, 2.75) is 44.7 Å². The number of aliphatic hydroxyl groups excluding tert-OH is 1. The highest BCUT2D eigenvalue weighted by atomic mass is 32.1. The van der Waals surface area contributed by atoms with Crippen molar-refractivity contribution >= 4 is 17.3 Å². The standard InChI is InChI=1S/C13H20N2O3S/c1-2-18-12(17)11-15-10(8-19-11)7-14-13(9-16)5-3-4-6-13/h8,14,16H,2-7,9H2,1H3. The van der Waals surface area contributed by atoms with Crippen LogP contribution in [0.1, 0.15) is 48.1 Å². The van der Waals surface area contributed by atoms with Gasteiger partial charge in [-0.3, -0.25) is 0 Å². The van der Waals surface area contributed by atoms with Gasteiger partial charge in [0.1, 0.15) is 0 Å². The Morgan fingerprint density at radius 1 is 1.58 bits per heavy atom. The number of thiazole rings is 1. The van der Waals surface area contributed by atoms with Gasteiger partial charge in [-0.05, 0) is 19.8 Å². The fraction of sp³-hybridized carbons (Fsp3) is 0.692. The minimum atomic E-state index is -0.364. The predicted octanol–water partition coefficient (Wildman–Crippen LogP) is 1.71. The third kappa shape index (κ3) is 3.52. The van der Waals surface area contributed by atoms with E-state index in [9.17, 15) is 9.90 Å². The Morgan fingerprint density at radius 2 is 2.32 bits per heavy atom. The van der Waals surface area contributed by atoms with Gasteiger partial charge in [-0.25, -0.2) is 9.78 Å². The van der Waals surface area contributed by atoms with Crippen LogP contribution in [-0.4, -0.2) is 34.8 Å². The fourth-order valence-corrected chi connectivity index (χ4v) is 3.10. The predicted molar refractivity (Wildman–Crippen MR) is 73.2 cm³/mol.